The van der Waals surface area contributed by atoms with Gasteiger partial charge in [-0.15, -0.1) is 13.2 Å². The Morgan fingerprint density at radius 1 is 1.08 bits per heavy atom. The molecule has 25 heavy (non-hydrogen) atoms. The summed E-state index contributed by atoms with van der Waals surface area (Å²) in [5.41, 5.74) is 1.07. The summed E-state index contributed by atoms with van der Waals surface area (Å²) in [6.07, 6.45) is -3.83. The van der Waals surface area contributed by atoms with Gasteiger partial charge in [-0.3, -0.25) is 4.74 Å². The van der Waals surface area contributed by atoms with Crippen molar-refractivity contribution < 1.29 is 27.2 Å². The highest BCUT2D eigenvalue weighted by atomic mass is 19.4. The third kappa shape index (κ3) is 4.04. The Bertz CT molecular complexity index is 614. The van der Waals surface area contributed by atoms with Crippen molar-refractivity contribution in [3.63, 3.8) is 0 Å². The minimum absolute atomic E-state index is 0.0646. The first-order chi connectivity index (χ1) is 11.5. The summed E-state index contributed by atoms with van der Waals surface area (Å²) in [4.78, 5) is 0. The fraction of sp³-hybridized carbons (Fsp3) is 0.667. The summed E-state index contributed by atoms with van der Waals surface area (Å²) >= 11 is 0. The SMILES string of the molecule is CC1(C)OB(c2cccc(C3CCC(OC(F)(F)F)C3)c2)OC1(C)C. The lowest BCUT2D eigenvalue weighted by molar-refractivity contribution is -0.341. The van der Waals surface area contributed by atoms with Crippen LogP contribution in [0.4, 0.5) is 13.2 Å². The summed E-state index contributed by atoms with van der Waals surface area (Å²) in [6, 6.07) is 7.79. The van der Waals surface area contributed by atoms with Crippen LogP contribution in [0.3, 0.4) is 0 Å². The van der Waals surface area contributed by atoms with E-state index in [2.05, 4.69) is 4.74 Å². The van der Waals surface area contributed by atoms with Gasteiger partial charge in [0.15, 0.2) is 0 Å². The molecular weight excluding hydrogens is 332 g/mol. The zero-order valence-electron chi connectivity index (χ0n) is 15.0. The second-order valence-electron chi connectivity index (χ2n) is 7.95. The molecule has 0 spiro atoms. The highest BCUT2D eigenvalue weighted by molar-refractivity contribution is 6.62. The van der Waals surface area contributed by atoms with Crippen molar-refractivity contribution in [3.05, 3.63) is 29.8 Å². The topological polar surface area (TPSA) is 27.7 Å². The first-order valence-corrected chi connectivity index (χ1v) is 8.67. The number of hydrogen-bond acceptors (Lipinski definition) is 3. The molecule has 0 amide bonds. The molecule has 1 saturated heterocycles. The number of ether oxygens (including phenoxy) is 1. The van der Waals surface area contributed by atoms with Gasteiger partial charge < -0.3 is 9.31 Å². The molecule has 0 aromatic heterocycles. The number of benzene rings is 1. The van der Waals surface area contributed by atoms with Crippen molar-refractivity contribution in [2.24, 2.45) is 0 Å². The van der Waals surface area contributed by atoms with E-state index in [1.807, 2.05) is 52.0 Å². The van der Waals surface area contributed by atoms with E-state index in [0.29, 0.717) is 19.3 Å². The molecule has 3 nitrogen and oxygen atoms in total. The van der Waals surface area contributed by atoms with Gasteiger partial charge in [0.2, 0.25) is 0 Å². The lowest BCUT2D eigenvalue weighted by Crippen LogP contribution is -2.41. The van der Waals surface area contributed by atoms with E-state index < -0.39 is 30.8 Å². The van der Waals surface area contributed by atoms with Gasteiger partial charge in [0.1, 0.15) is 0 Å². The standard InChI is InChI=1S/C18H24BF3O3/c1-16(2)17(3,4)25-19(24-16)14-7-5-6-12(10-14)13-8-9-15(11-13)23-18(20,21)22/h5-7,10,13,15H,8-9,11H2,1-4H3. The molecular formula is C18H24BF3O3. The highest BCUT2D eigenvalue weighted by Gasteiger charge is 2.51. The zero-order chi connectivity index (χ0) is 18.5. The minimum atomic E-state index is -4.57. The fourth-order valence-corrected chi connectivity index (χ4v) is 3.48. The fourth-order valence-electron chi connectivity index (χ4n) is 3.48. The van der Waals surface area contributed by atoms with Crippen LogP contribution >= 0.6 is 0 Å². The van der Waals surface area contributed by atoms with Crippen molar-refractivity contribution in [1.29, 1.82) is 0 Å². The zero-order valence-corrected chi connectivity index (χ0v) is 15.0. The highest BCUT2D eigenvalue weighted by Crippen LogP contribution is 2.39. The molecule has 0 bridgehead atoms. The third-order valence-electron chi connectivity index (χ3n) is 5.59. The molecule has 138 valence electrons. The molecule has 3 rings (SSSR count). The number of alkyl halides is 3. The van der Waals surface area contributed by atoms with Gasteiger partial charge in [0.25, 0.3) is 0 Å². The van der Waals surface area contributed by atoms with Crippen molar-refractivity contribution in [2.45, 2.75) is 76.5 Å². The van der Waals surface area contributed by atoms with Gasteiger partial charge in [0.05, 0.1) is 17.3 Å². The first-order valence-electron chi connectivity index (χ1n) is 8.67. The molecule has 2 atom stereocenters. The van der Waals surface area contributed by atoms with Gasteiger partial charge in [-0.2, -0.15) is 0 Å². The summed E-state index contributed by atoms with van der Waals surface area (Å²) in [7, 11) is -0.464. The van der Waals surface area contributed by atoms with Gasteiger partial charge in [-0.1, -0.05) is 24.3 Å². The van der Waals surface area contributed by atoms with Crippen LogP contribution in [-0.2, 0) is 14.0 Å². The van der Waals surface area contributed by atoms with Crippen LogP contribution in [0.1, 0.15) is 58.4 Å². The second-order valence-corrected chi connectivity index (χ2v) is 7.95. The Kier molecular flexibility index (Phi) is 4.71. The molecule has 0 N–H and O–H groups in total. The summed E-state index contributed by atoms with van der Waals surface area (Å²) in [5.74, 6) is 0.0646. The van der Waals surface area contributed by atoms with E-state index in [0.717, 1.165) is 11.0 Å². The molecule has 7 heteroatoms. The Hall–Kier alpha value is -1.05. The largest absolute Gasteiger partial charge is 0.522 e. The van der Waals surface area contributed by atoms with Crippen LogP contribution in [0.25, 0.3) is 0 Å². The smallest absolute Gasteiger partial charge is 0.399 e. The molecule has 1 aromatic rings. The van der Waals surface area contributed by atoms with E-state index >= 15 is 0 Å². The van der Waals surface area contributed by atoms with Crippen molar-refractivity contribution in [1.82, 2.24) is 0 Å². The van der Waals surface area contributed by atoms with Crippen molar-refractivity contribution >= 4 is 12.6 Å². The van der Waals surface area contributed by atoms with Gasteiger partial charge in [0, 0.05) is 0 Å². The number of hydrogen-bond donors (Lipinski definition) is 0. The Balaban J connectivity index is 1.71. The van der Waals surface area contributed by atoms with Gasteiger partial charge >= 0.3 is 13.5 Å². The third-order valence-corrected chi connectivity index (χ3v) is 5.59. The predicted molar refractivity (Wildman–Crippen MR) is 89.7 cm³/mol. The lowest BCUT2D eigenvalue weighted by atomic mass is 9.77. The summed E-state index contributed by atoms with van der Waals surface area (Å²) < 4.78 is 53.5. The maximum Gasteiger partial charge on any atom is 0.522 e. The van der Waals surface area contributed by atoms with Crippen LogP contribution in [0.15, 0.2) is 24.3 Å². The molecule has 1 aliphatic heterocycles. The van der Waals surface area contributed by atoms with Gasteiger partial charge in [-0.25, -0.2) is 0 Å². The molecule has 2 fully saturated rings. The molecule has 1 aliphatic carbocycles. The predicted octanol–water partition coefficient (Wildman–Crippen LogP) is 4.16. The Labute approximate surface area is 147 Å². The lowest BCUT2D eigenvalue weighted by Gasteiger charge is -2.32. The molecule has 1 heterocycles. The molecule has 1 aromatic carbocycles. The Morgan fingerprint density at radius 3 is 2.32 bits per heavy atom. The van der Waals surface area contributed by atoms with E-state index in [4.69, 9.17) is 9.31 Å². The average Bonchev–Trinajstić information content (AvgIpc) is 3.00. The monoisotopic (exact) mass is 356 g/mol. The molecule has 0 radical (unpaired) electrons. The maximum absolute atomic E-state index is 12.4. The van der Waals surface area contributed by atoms with E-state index in [1.54, 1.807) is 0 Å². The van der Waals surface area contributed by atoms with Crippen molar-refractivity contribution in [2.75, 3.05) is 0 Å². The second kappa shape index (κ2) is 6.29. The van der Waals surface area contributed by atoms with Crippen LogP contribution in [-0.4, -0.2) is 30.8 Å². The maximum atomic E-state index is 12.4. The minimum Gasteiger partial charge on any atom is -0.399 e. The van der Waals surface area contributed by atoms with Crippen LogP contribution < -0.4 is 5.46 Å². The van der Waals surface area contributed by atoms with Gasteiger partial charge in [-0.05, 0) is 63.9 Å². The quantitative estimate of drug-likeness (QED) is 0.762. The van der Waals surface area contributed by atoms with E-state index in [-0.39, 0.29) is 5.92 Å². The van der Waals surface area contributed by atoms with Crippen LogP contribution in [0, 0.1) is 0 Å². The number of halogens is 3. The van der Waals surface area contributed by atoms with Crippen molar-refractivity contribution in [3.8, 4) is 0 Å². The molecule has 2 unspecified atom stereocenters. The Morgan fingerprint density at radius 2 is 1.72 bits per heavy atom. The average molecular weight is 356 g/mol. The molecule has 2 aliphatic rings. The van der Waals surface area contributed by atoms with Crippen LogP contribution in [0.5, 0.6) is 0 Å². The number of rotatable bonds is 3. The normalized spacial score (nSPS) is 28.5. The van der Waals surface area contributed by atoms with Crippen LogP contribution in [0.2, 0.25) is 0 Å². The summed E-state index contributed by atoms with van der Waals surface area (Å²) in [6.45, 7) is 7.97. The summed E-state index contributed by atoms with van der Waals surface area (Å²) in [5, 5.41) is 0. The first kappa shape index (κ1) is 18.7. The van der Waals surface area contributed by atoms with E-state index in [1.165, 1.54) is 0 Å². The van der Waals surface area contributed by atoms with E-state index in [9.17, 15) is 13.2 Å². The molecule has 1 saturated carbocycles.